The highest BCUT2D eigenvalue weighted by atomic mass is 16.5. The monoisotopic (exact) mass is 276 g/mol. The topological polar surface area (TPSA) is 34.6 Å². The van der Waals surface area contributed by atoms with Crippen LogP contribution in [-0.4, -0.2) is 55.4 Å². The first-order chi connectivity index (χ1) is 9.86. The Labute approximate surface area is 121 Å². The quantitative estimate of drug-likeness (QED) is 0.820. The molecule has 2 aliphatic rings. The summed E-state index contributed by atoms with van der Waals surface area (Å²) in [5, 5.41) is 0. The van der Waals surface area contributed by atoms with Crippen molar-refractivity contribution in [3.8, 4) is 0 Å². The second-order valence-corrected chi connectivity index (χ2v) is 5.92. The van der Waals surface area contributed by atoms with E-state index < -0.39 is 0 Å². The highest BCUT2D eigenvalue weighted by molar-refractivity contribution is 5.12. The molecule has 2 fully saturated rings. The van der Waals surface area contributed by atoms with Crippen molar-refractivity contribution in [1.82, 2.24) is 9.88 Å². The number of ether oxygens (including phenoxy) is 2. The molecule has 0 N–H and O–H groups in total. The van der Waals surface area contributed by atoms with Crippen LogP contribution in [0.3, 0.4) is 0 Å². The zero-order chi connectivity index (χ0) is 13.8. The summed E-state index contributed by atoms with van der Waals surface area (Å²) >= 11 is 0. The van der Waals surface area contributed by atoms with Gasteiger partial charge in [-0.05, 0) is 36.8 Å². The van der Waals surface area contributed by atoms with E-state index in [4.69, 9.17) is 9.47 Å². The lowest BCUT2D eigenvalue weighted by Gasteiger charge is -2.29. The second kappa shape index (κ2) is 6.66. The van der Waals surface area contributed by atoms with Crippen LogP contribution in [0.25, 0.3) is 0 Å². The van der Waals surface area contributed by atoms with Crippen molar-refractivity contribution in [2.75, 3.05) is 33.4 Å². The standard InChI is InChI=1S/C16H24N2O2/c1-19-16-4-7-18(11-14-5-8-20-12-14)15(16)9-13-3-2-6-17-10-13/h2-3,6,10,14-16H,4-5,7-9,11-12H2,1H3/t14-,15+,16-/m1/s1. The van der Waals surface area contributed by atoms with E-state index in [9.17, 15) is 0 Å². The molecule has 0 spiro atoms. The Kier molecular flexibility index (Phi) is 4.65. The van der Waals surface area contributed by atoms with Gasteiger partial charge in [-0.2, -0.15) is 0 Å². The molecule has 0 bridgehead atoms. The Bertz CT molecular complexity index is 406. The minimum atomic E-state index is 0.345. The maximum absolute atomic E-state index is 5.70. The van der Waals surface area contributed by atoms with Crippen LogP contribution in [0.1, 0.15) is 18.4 Å². The molecule has 0 saturated carbocycles. The molecule has 2 aliphatic heterocycles. The molecule has 2 saturated heterocycles. The van der Waals surface area contributed by atoms with Crippen molar-refractivity contribution in [3.05, 3.63) is 30.1 Å². The number of rotatable bonds is 5. The molecule has 3 atom stereocenters. The maximum Gasteiger partial charge on any atom is 0.0741 e. The van der Waals surface area contributed by atoms with Crippen LogP contribution < -0.4 is 0 Å². The van der Waals surface area contributed by atoms with Gasteiger partial charge in [0.2, 0.25) is 0 Å². The van der Waals surface area contributed by atoms with E-state index in [-0.39, 0.29) is 0 Å². The molecule has 1 aromatic rings. The summed E-state index contributed by atoms with van der Waals surface area (Å²) in [5.41, 5.74) is 1.30. The predicted molar refractivity (Wildman–Crippen MR) is 77.6 cm³/mol. The van der Waals surface area contributed by atoms with Crippen molar-refractivity contribution in [2.45, 2.75) is 31.4 Å². The highest BCUT2D eigenvalue weighted by Crippen LogP contribution is 2.26. The summed E-state index contributed by atoms with van der Waals surface area (Å²) in [7, 11) is 1.84. The number of methoxy groups -OCH3 is 1. The fourth-order valence-corrected chi connectivity index (χ4v) is 3.47. The van der Waals surface area contributed by atoms with Gasteiger partial charge >= 0.3 is 0 Å². The first-order valence-corrected chi connectivity index (χ1v) is 7.60. The zero-order valence-electron chi connectivity index (χ0n) is 12.2. The van der Waals surface area contributed by atoms with Crippen LogP contribution in [0.4, 0.5) is 0 Å². The van der Waals surface area contributed by atoms with Gasteiger partial charge in [0.15, 0.2) is 0 Å². The van der Waals surface area contributed by atoms with E-state index >= 15 is 0 Å². The third kappa shape index (κ3) is 3.19. The van der Waals surface area contributed by atoms with Crippen LogP contribution in [0.2, 0.25) is 0 Å². The largest absolute Gasteiger partial charge is 0.381 e. The molecule has 0 aliphatic carbocycles. The number of likely N-dealkylation sites (tertiary alicyclic amines) is 1. The van der Waals surface area contributed by atoms with Crippen LogP contribution in [-0.2, 0) is 15.9 Å². The fourth-order valence-electron chi connectivity index (χ4n) is 3.47. The lowest BCUT2D eigenvalue weighted by molar-refractivity contribution is 0.0604. The Morgan fingerprint density at radius 1 is 1.45 bits per heavy atom. The van der Waals surface area contributed by atoms with Crippen molar-refractivity contribution in [1.29, 1.82) is 0 Å². The molecule has 0 radical (unpaired) electrons. The molecule has 20 heavy (non-hydrogen) atoms. The van der Waals surface area contributed by atoms with E-state index in [1.165, 1.54) is 12.0 Å². The van der Waals surface area contributed by atoms with Gasteiger partial charge in [0, 0.05) is 45.2 Å². The molecule has 4 nitrogen and oxygen atoms in total. The van der Waals surface area contributed by atoms with E-state index in [1.807, 2.05) is 25.6 Å². The average molecular weight is 276 g/mol. The summed E-state index contributed by atoms with van der Waals surface area (Å²) in [4.78, 5) is 6.82. The second-order valence-electron chi connectivity index (χ2n) is 5.92. The third-order valence-corrected chi connectivity index (χ3v) is 4.59. The highest BCUT2D eigenvalue weighted by Gasteiger charge is 2.35. The lowest BCUT2D eigenvalue weighted by Crippen LogP contribution is -2.40. The molecule has 0 unspecified atom stereocenters. The summed E-state index contributed by atoms with van der Waals surface area (Å²) in [6.45, 7) is 4.14. The molecule has 3 heterocycles. The van der Waals surface area contributed by atoms with E-state index in [0.29, 0.717) is 18.1 Å². The van der Waals surface area contributed by atoms with Gasteiger partial charge in [-0.25, -0.2) is 0 Å². The third-order valence-electron chi connectivity index (χ3n) is 4.59. The van der Waals surface area contributed by atoms with Gasteiger partial charge in [0.1, 0.15) is 0 Å². The molecule has 110 valence electrons. The van der Waals surface area contributed by atoms with Gasteiger partial charge in [-0.15, -0.1) is 0 Å². The van der Waals surface area contributed by atoms with Crippen LogP contribution in [0.5, 0.6) is 0 Å². The molecule has 3 rings (SSSR count). The average Bonchev–Trinajstić information content (AvgIpc) is 3.11. The molecule has 0 aromatic carbocycles. The van der Waals surface area contributed by atoms with Crippen LogP contribution >= 0.6 is 0 Å². The van der Waals surface area contributed by atoms with Crippen LogP contribution in [0, 0.1) is 5.92 Å². The van der Waals surface area contributed by atoms with Gasteiger partial charge < -0.3 is 9.47 Å². The number of nitrogens with zero attached hydrogens (tertiary/aromatic N) is 2. The van der Waals surface area contributed by atoms with Gasteiger partial charge in [0.25, 0.3) is 0 Å². The molecular formula is C16H24N2O2. The molecule has 0 amide bonds. The summed E-state index contributed by atoms with van der Waals surface area (Å²) in [6.07, 6.45) is 7.52. The predicted octanol–water partition coefficient (Wildman–Crippen LogP) is 1.75. The zero-order valence-corrected chi connectivity index (χ0v) is 12.2. The molecular weight excluding hydrogens is 252 g/mol. The minimum Gasteiger partial charge on any atom is -0.381 e. The number of pyridine rings is 1. The van der Waals surface area contributed by atoms with Gasteiger partial charge in [-0.1, -0.05) is 6.07 Å². The van der Waals surface area contributed by atoms with E-state index in [2.05, 4.69) is 16.0 Å². The number of hydrogen-bond acceptors (Lipinski definition) is 4. The van der Waals surface area contributed by atoms with Crippen molar-refractivity contribution >= 4 is 0 Å². The number of hydrogen-bond donors (Lipinski definition) is 0. The Balaban J connectivity index is 1.65. The van der Waals surface area contributed by atoms with Crippen molar-refractivity contribution in [3.63, 3.8) is 0 Å². The Morgan fingerprint density at radius 2 is 2.40 bits per heavy atom. The Morgan fingerprint density at radius 3 is 3.10 bits per heavy atom. The van der Waals surface area contributed by atoms with E-state index in [1.54, 1.807) is 0 Å². The van der Waals surface area contributed by atoms with E-state index in [0.717, 1.165) is 39.1 Å². The Hall–Kier alpha value is -0.970. The normalized spacial score (nSPS) is 30.9. The number of aromatic nitrogens is 1. The maximum atomic E-state index is 5.70. The van der Waals surface area contributed by atoms with Crippen molar-refractivity contribution in [2.24, 2.45) is 5.92 Å². The summed E-state index contributed by atoms with van der Waals surface area (Å²) in [5.74, 6) is 0.696. The van der Waals surface area contributed by atoms with Crippen LogP contribution in [0.15, 0.2) is 24.5 Å². The summed E-state index contributed by atoms with van der Waals surface area (Å²) < 4.78 is 11.2. The van der Waals surface area contributed by atoms with Gasteiger partial charge in [0.05, 0.1) is 12.7 Å². The first kappa shape index (κ1) is 14.0. The smallest absolute Gasteiger partial charge is 0.0741 e. The minimum absolute atomic E-state index is 0.345. The molecule has 1 aromatic heterocycles. The fraction of sp³-hybridized carbons (Fsp3) is 0.688. The first-order valence-electron chi connectivity index (χ1n) is 7.60. The van der Waals surface area contributed by atoms with Crippen molar-refractivity contribution < 1.29 is 9.47 Å². The van der Waals surface area contributed by atoms with Gasteiger partial charge in [-0.3, -0.25) is 9.88 Å². The molecule has 4 heteroatoms. The lowest BCUT2D eigenvalue weighted by atomic mass is 10.0. The SMILES string of the molecule is CO[C@@H]1CCN(C[C@H]2CCOC2)[C@H]1Cc1cccnc1. The summed E-state index contributed by atoms with van der Waals surface area (Å²) in [6, 6.07) is 4.65.